The molecule has 0 aliphatic rings. The van der Waals surface area contributed by atoms with E-state index < -0.39 is 0 Å². The summed E-state index contributed by atoms with van der Waals surface area (Å²) in [6.45, 7) is 8.42. The average molecular weight is 421 g/mol. The number of nitrogens with zero attached hydrogens (tertiary/aromatic N) is 1. The van der Waals surface area contributed by atoms with Crippen LogP contribution in [0, 0.1) is 20.8 Å². The molecule has 5 heteroatoms. The van der Waals surface area contributed by atoms with Crippen LogP contribution in [0.4, 0.5) is 5.13 Å². The molecule has 1 N–H and O–H groups in total. The lowest BCUT2D eigenvalue weighted by molar-refractivity contribution is 0.103. The molecule has 1 amide bonds. The maximum absolute atomic E-state index is 13.1. The maximum Gasteiger partial charge on any atom is 0.267 e. The number of nitrogens with one attached hydrogen (secondary N) is 1. The monoisotopic (exact) mass is 420 g/mol. The van der Waals surface area contributed by atoms with Gasteiger partial charge in [-0.2, -0.15) is 0 Å². The number of hydrogen-bond donors (Lipinski definition) is 1. The van der Waals surface area contributed by atoms with Gasteiger partial charge in [0.1, 0.15) is 0 Å². The first-order valence-electron chi connectivity index (χ1n) is 9.84. The number of carbonyl (C=O) groups is 1. The Morgan fingerprint density at radius 2 is 1.83 bits per heavy atom. The van der Waals surface area contributed by atoms with Crippen molar-refractivity contribution in [1.29, 1.82) is 0 Å². The smallest absolute Gasteiger partial charge is 0.267 e. The van der Waals surface area contributed by atoms with Gasteiger partial charge < -0.3 is 0 Å². The summed E-state index contributed by atoms with van der Waals surface area (Å²) in [7, 11) is 0. The molecular weight excluding hydrogens is 396 g/mol. The molecule has 0 aliphatic carbocycles. The highest BCUT2D eigenvalue weighted by Gasteiger charge is 2.20. The molecule has 4 rings (SSSR count). The zero-order valence-electron chi connectivity index (χ0n) is 17.1. The summed E-state index contributed by atoms with van der Waals surface area (Å²) in [6, 6.07) is 14.6. The molecule has 0 radical (unpaired) electrons. The molecule has 3 nitrogen and oxygen atoms in total. The number of aryl methyl sites for hydroxylation is 4. The van der Waals surface area contributed by atoms with E-state index in [0.717, 1.165) is 44.1 Å². The van der Waals surface area contributed by atoms with Gasteiger partial charge in [-0.05, 0) is 61.4 Å². The topological polar surface area (TPSA) is 42.0 Å². The molecule has 0 atom stereocenters. The lowest BCUT2D eigenvalue weighted by Gasteiger charge is -2.04. The van der Waals surface area contributed by atoms with Crippen molar-refractivity contribution in [2.75, 3.05) is 5.32 Å². The van der Waals surface area contributed by atoms with Gasteiger partial charge in [0.2, 0.25) is 0 Å². The number of fused-ring (bicyclic) bond motifs is 1. The Morgan fingerprint density at radius 3 is 2.59 bits per heavy atom. The third-order valence-corrected chi connectivity index (χ3v) is 7.30. The van der Waals surface area contributed by atoms with Crippen LogP contribution in [0.15, 0.2) is 42.5 Å². The van der Waals surface area contributed by atoms with E-state index in [1.54, 1.807) is 11.3 Å². The number of thiophene rings is 1. The van der Waals surface area contributed by atoms with Gasteiger partial charge in [-0.25, -0.2) is 4.98 Å². The average Bonchev–Trinajstić information content (AvgIpc) is 3.25. The van der Waals surface area contributed by atoms with Crippen molar-refractivity contribution < 1.29 is 4.79 Å². The summed E-state index contributed by atoms with van der Waals surface area (Å²) in [6.07, 6.45) is 1.91. The number of benzene rings is 2. The van der Waals surface area contributed by atoms with E-state index in [9.17, 15) is 4.79 Å². The van der Waals surface area contributed by atoms with Crippen LogP contribution < -0.4 is 5.32 Å². The molecule has 0 saturated carbocycles. The number of thiazole rings is 1. The highest BCUT2D eigenvalue weighted by molar-refractivity contribution is 7.21. The molecule has 29 heavy (non-hydrogen) atoms. The summed E-state index contributed by atoms with van der Waals surface area (Å²) in [5.74, 6) is -0.0602. The van der Waals surface area contributed by atoms with Gasteiger partial charge in [0.25, 0.3) is 5.91 Å². The van der Waals surface area contributed by atoms with Crippen molar-refractivity contribution in [3.05, 3.63) is 68.9 Å². The van der Waals surface area contributed by atoms with Crippen molar-refractivity contribution in [3.63, 3.8) is 0 Å². The van der Waals surface area contributed by atoms with Crippen molar-refractivity contribution in [3.8, 4) is 11.3 Å². The minimum absolute atomic E-state index is 0.0602. The molecule has 148 valence electrons. The second kappa shape index (κ2) is 8.09. The van der Waals surface area contributed by atoms with E-state index in [1.807, 2.05) is 12.1 Å². The summed E-state index contributed by atoms with van der Waals surface area (Å²) in [5.41, 5.74) is 5.70. The first-order valence-corrected chi connectivity index (χ1v) is 11.5. The number of anilines is 1. The van der Waals surface area contributed by atoms with E-state index in [-0.39, 0.29) is 5.91 Å². The fourth-order valence-electron chi connectivity index (χ4n) is 3.54. The Morgan fingerprint density at radius 1 is 1.03 bits per heavy atom. The van der Waals surface area contributed by atoms with E-state index in [4.69, 9.17) is 4.98 Å². The maximum atomic E-state index is 13.1. The van der Waals surface area contributed by atoms with Gasteiger partial charge in [-0.3, -0.25) is 10.1 Å². The van der Waals surface area contributed by atoms with Crippen molar-refractivity contribution in [1.82, 2.24) is 4.98 Å². The van der Waals surface area contributed by atoms with Crippen molar-refractivity contribution in [2.45, 2.75) is 40.5 Å². The molecule has 0 spiro atoms. The quantitative estimate of drug-likeness (QED) is 0.372. The first-order chi connectivity index (χ1) is 14.0. The van der Waals surface area contributed by atoms with E-state index in [2.05, 4.69) is 63.3 Å². The van der Waals surface area contributed by atoms with Gasteiger partial charge in [0, 0.05) is 15.1 Å². The number of rotatable bonds is 5. The van der Waals surface area contributed by atoms with E-state index in [0.29, 0.717) is 5.13 Å². The fraction of sp³-hybridized carbons (Fsp3) is 0.250. The van der Waals surface area contributed by atoms with Crippen LogP contribution >= 0.6 is 22.7 Å². The zero-order chi connectivity index (χ0) is 20.5. The standard InChI is InChI=1S/C24H24N2OS2/c1-5-8-19-18-9-6-7-10-20(18)29-22(19)23(27)26-24-25-21(16(4)28-24)17-12-11-14(2)15(3)13-17/h6-7,9-13H,5,8H2,1-4H3,(H,25,26,27). The predicted molar refractivity (Wildman–Crippen MR) is 126 cm³/mol. The van der Waals surface area contributed by atoms with Crippen molar-refractivity contribution in [2.24, 2.45) is 0 Å². The molecule has 4 aromatic rings. The van der Waals surface area contributed by atoms with Crippen LogP contribution in [0.25, 0.3) is 21.3 Å². The van der Waals surface area contributed by atoms with Crippen LogP contribution in [-0.4, -0.2) is 10.9 Å². The molecule has 2 aromatic carbocycles. The second-order valence-corrected chi connectivity index (χ2v) is 9.59. The Bertz CT molecular complexity index is 1200. The van der Waals surface area contributed by atoms with E-state index in [1.165, 1.54) is 27.8 Å². The number of aromatic nitrogens is 1. The van der Waals surface area contributed by atoms with Crippen molar-refractivity contribution >= 4 is 43.8 Å². The van der Waals surface area contributed by atoms with Crippen LogP contribution in [0.3, 0.4) is 0 Å². The van der Waals surface area contributed by atoms with Gasteiger partial charge in [-0.15, -0.1) is 22.7 Å². The number of hydrogen-bond acceptors (Lipinski definition) is 4. The third kappa shape index (κ3) is 3.85. The lowest BCUT2D eigenvalue weighted by atomic mass is 10.0. The number of carbonyl (C=O) groups excluding carboxylic acids is 1. The van der Waals surface area contributed by atoms with Crippen LogP contribution in [0.5, 0.6) is 0 Å². The first kappa shape index (κ1) is 19.8. The largest absolute Gasteiger partial charge is 0.297 e. The van der Waals surface area contributed by atoms with Gasteiger partial charge >= 0.3 is 0 Å². The number of amides is 1. The molecule has 0 fully saturated rings. The summed E-state index contributed by atoms with van der Waals surface area (Å²) in [4.78, 5) is 19.7. The minimum atomic E-state index is -0.0602. The summed E-state index contributed by atoms with van der Waals surface area (Å²) >= 11 is 3.10. The zero-order valence-corrected chi connectivity index (χ0v) is 18.8. The lowest BCUT2D eigenvalue weighted by Crippen LogP contribution is -2.12. The molecular formula is C24H24N2OS2. The highest BCUT2D eigenvalue weighted by Crippen LogP contribution is 2.35. The van der Waals surface area contributed by atoms with Crippen LogP contribution in [0.2, 0.25) is 0 Å². The molecule has 0 aliphatic heterocycles. The minimum Gasteiger partial charge on any atom is -0.297 e. The third-order valence-electron chi connectivity index (χ3n) is 5.20. The Labute approximate surface area is 179 Å². The Hall–Kier alpha value is -2.50. The van der Waals surface area contributed by atoms with Crippen LogP contribution in [0.1, 0.15) is 44.6 Å². The Kier molecular flexibility index (Phi) is 5.52. The molecule has 0 saturated heterocycles. The SMILES string of the molecule is CCCc1c(C(=O)Nc2nc(-c3ccc(C)c(C)c3)c(C)s2)sc2ccccc12. The molecule has 2 aromatic heterocycles. The van der Waals surface area contributed by atoms with Crippen LogP contribution in [-0.2, 0) is 6.42 Å². The Balaban J connectivity index is 1.65. The van der Waals surface area contributed by atoms with Gasteiger partial charge in [-0.1, -0.05) is 43.7 Å². The molecule has 0 bridgehead atoms. The summed E-state index contributed by atoms with van der Waals surface area (Å²) < 4.78 is 1.16. The fourth-order valence-corrected chi connectivity index (χ4v) is 5.52. The molecule has 2 heterocycles. The van der Waals surface area contributed by atoms with Gasteiger partial charge in [0.15, 0.2) is 5.13 Å². The van der Waals surface area contributed by atoms with Gasteiger partial charge in [0.05, 0.1) is 10.6 Å². The predicted octanol–water partition coefficient (Wildman–Crippen LogP) is 7.15. The molecule has 0 unspecified atom stereocenters. The normalized spacial score (nSPS) is 11.2. The summed E-state index contributed by atoms with van der Waals surface area (Å²) in [5, 5.41) is 4.90. The highest BCUT2D eigenvalue weighted by atomic mass is 32.1. The second-order valence-electron chi connectivity index (χ2n) is 7.33. The van der Waals surface area contributed by atoms with E-state index >= 15 is 0 Å².